The molecule has 0 unspecified atom stereocenters. The van der Waals surface area contributed by atoms with Crippen molar-refractivity contribution in [3.05, 3.63) is 93.6 Å². The number of nitrogens with two attached hydrogens (primary N) is 2. The molecule has 0 saturated carbocycles. The minimum Gasteiger partial charge on any atom is -0.381 e. The predicted octanol–water partition coefficient (Wildman–Crippen LogP) is 3.01. The summed E-state index contributed by atoms with van der Waals surface area (Å²) in [6.07, 6.45) is 3.65. The normalized spacial score (nSPS) is 10.7. The van der Waals surface area contributed by atoms with E-state index in [0.717, 1.165) is 27.8 Å². The summed E-state index contributed by atoms with van der Waals surface area (Å²) in [6, 6.07) is 17.3. The van der Waals surface area contributed by atoms with Crippen LogP contribution in [0, 0.1) is 0 Å². The third kappa shape index (κ3) is 4.13. The molecule has 2 aromatic carbocycles. The number of hydrogen-bond donors (Lipinski definition) is 2. The lowest BCUT2D eigenvalue weighted by Crippen LogP contribution is -2.22. The molecule has 0 atom stereocenters. The summed E-state index contributed by atoms with van der Waals surface area (Å²) >= 11 is 6.20. The number of pyridine rings is 1. The summed E-state index contributed by atoms with van der Waals surface area (Å²) in [4.78, 5) is 27.6. The van der Waals surface area contributed by atoms with E-state index >= 15 is 0 Å². The van der Waals surface area contributed by atoms with E-state index in [2.05, 4.69) is 15.2 Å². The molecule has 166 valence electrons. The fourth-order valence-corrected chi connectivity index (χ4v) is 3.80. The summed E-state index contributed by atoms with van der Waals surface area (Å²) in [5.41, 5.74) is 12.7. The molecule has 3 heterocycles. The molecule has 0 spiro atoms. The molecule has 10 heteroatoms. The zero-order chi connectivity index (χ0) is 23.5. The number of para-hydroxylation sites is 1. The maximum Gasteiger partial charge on any atom is 0.264 e. The average Bonchev–Trinajstić information content (AvgIpc) is 3.15. The highest BCUT2D eigenvalue weighted by atomic mass is 35.5. The van der Waals surface area contributed by atoms with Crippen LogP contribution in [0.3, 0.4) is 0 Å². The lowest BCUT2D eigenvalue weighted by atomic mass is 10.1. The first kappa shape index (κ1) is 22.0. The standard InChI is InChI=1S/C17H14ClNO.C6H6N6O/c1-2-13-11-12-7-6-10-15(18)16(12)17(20)19(13)14-8-4-3-5-9-14;7-4-3(5(8)13)6-9-1-2-10-12(6)11-4/h3-11H,2H2,1H3;1-2H,(H2,7,11)(H2,8,13). The maximum absolute atomic E-state index is 12.8. The highest BCUT2D eigenvalue weighted by molar-refractivity contribution is 6.35. The summed E-state index contributed by atoms with van der Waals surface area (Å²) < 4.78 is 2.91. The molecule has 5 aromatic rings. The van der Waals surface area contributed by atoms with Gasteiger partial charge in [0.05, 0.1) is 16.6 Å². The Morgan fingerprint density at radius 2 is 1.85 bits per heavy atom. The van der Waals surface area contributed by atoms with E-state index in [9.17, 15) is 9.59 Å². The van der Waals surface area contributed by atoms with Crippen LogP contribution in [0.5, 0.6) is 0 Å². The van der Waals surface area contributed by atoms with Crippen molar-refractivity contribution in [2.75, 3.05) is 5.73 Å². The molecule has 9 nitrogen and oxygen atoms in total. The third-order valence-corrected chi connectivity index (χ3v) is 5.32. The molecule has 5 rings (SSSR count). The second-order valence-electron chi connectivity index (χ2n) is 7.05. The van der Waals surface area contributed by atoms with Crippen LogP contribution < -0.4 is 17.0 Å². The van der Waals surface area contributed by atoms with Crippen LogP contribution in [0.4, 0.5) is 5.82 Å². The largest absolute Gasteiger partial charge is 0.381 e. The number of halogens is 1. The number of nitrogens with zero attached hydrogens (tertiary/aromatic N) is 5. The second-order valence-corrected chi connectivity index (χ2v) is 7.46. The minimum absolute atomic E-state index is 0.0405. The highest BCUT2D eigenvalue weighted by Crippen LogP contribution is 2.22. The van der Waals surface area contributed by atoms with Crippen molar-refractivity contribution in [1.82, 2.24) is 24.4 Å². The Bertz CT molecular complexity index is 1530. The van der Waals surface area contributed by atoms with E-state index in [4.69, 9.17) is 23.1 Å². The molecular weight excluding hydrogens is 442 g/mol. The van der Waals surface area contributed by atoms with Gasteiger partial charge < -0.3 is 11.5 Å². The van der Waals surface area contributed by atoms with Gasteiger partial charge in [-0.1, -0.05) is 48.9 Å². The zero-order valence-corrected chi connectivity index (χ0v) is 18.4. The van der Waals surface area contributed by atoms with Crippen molar-refractivity contribution < 1.29 is 4.79 Å². The first-order valence-corrected chi connectivity index (χ1v) is 10.4. The van der Waals surface area contributed by atoms with Crippen molar-refractivity contribution in [3.8, 4) is 5.69 Å². The van der Waals surface area contributed by atoms with Crippen LogP contribution in [0.25, 0.3) is 22.1 Å². The number of primary amides is 1. The predicted molar refractivity (Wildman–Crippen MR) is 128 cm³/mol. The molecule has 1 amide bonds. The molecule has 3 aromatic heterocycles. The fraction of sp³-hybridized carbons (Fsp3) is 0.0870. The number of fused-ring (bicyclic) bond motifs is 2. The lowest BCUT2D eigenvalue weighted by molar-refractivity contribution is 0.100. The van der Waals surface area contributed by atoms with Crippen LogP contribution in [-0.2, 0) is 6.42 Å². The Labute approximate surface area is 193 Å². The highest BCUT2D eigenvalue weighted by Gasteiger charge is 2.16. The van der Waals surface area contributed by atoms with Gasteiger partial charge in [-0.25, -0.2) is 4.98 Å². The molecule has 33 heavy (non-hydrogen) atoms. The zero-order valence-electron chi connectivity index (χ0n) is 17.6. The van der Waals surface area contributed by atoms with Gasteiger partial charge in [0.1, 0.15) is 5.56 Å². The molecule has 0 bridgehead atoms. The van der Waals surface area contributed by atoms with E-state index in [1.165, 1.54) is 12.4 Å². The molecule has 0 aliphatic rings. The molecule has 0 fully saturated rings. The Morgan fingerprint density at radius 1 is 1.09 bits per heavy atom. The molecular formula is C23H20ClN7O2. The lowest BCUT2D eigenvalue weighted by Gasteiger charge is -2.14. The summed E-state index contributed by atoms with van der Waals surface area (Å²) in [5.74, 6) is -0.619. The summed E-state index contributed by atoms with van der Waals surface area (Å²) in [5, 5.41) is 9.53. The van der Waals surface area contributed by atoms with Crippen LogP contribution in [0.15, 0.2) is 71.8 Å². The van der Waals surface area contributed by atoms with Crippen LogP contribution in [0.1, 0.15) is 23.0 Å². The quantitative estimate of drug-likeness (QED) is 0.424. The second kappa shape index (κ2) is 9.09. The van der Waals surface area contributed by atoms with E-state index < -0.39 is 5.91 Å². The van der Waals surface area contributed by atoms with Gasteiger partial charge in [0.2, 0.25) is 0 Å². The number of hydrogen-bond acceptors (Lipinski definition) is 6. The van der Waals surface area contributed by atoms with Crippen molar-refractivity contribution in [1.29, 1.82) is 0 Å². The van der Waals surface area contributed by atoms with Gasteiger partial charge in [0.25, 0.3) is 11.5 Å². The van der Waals surface area contributed by atoms with Gasteiger partial charge in [-0.3, -0.25) is 14.2 Å². The summed E-state index contributed by atoms with van der Waals surface area (Å²) in [6.45, 7) is 2.05. The first-order chi connectivity index (χ1) is 15.9. The number of benzene rings is 2. The van der Waals surface area contributed by atoms with Crippen molar-refractivity contribution in [3.63, 3.8) is 0 Å². The number of carbonyl (C=O) groups is 1. The number of rotatable bonds is 3. The number of aromatic nitrogens is 5. The number of anilines is 1. The molecule has 0 aliphatic heterocycles. The molecule has 0 radical (unpaired) electrons. The van der Waals surface area contributed by atoms with Crippen molar-refractivity contribution in [2.24, 2.45) is 5.73 Å². The van der Waals surface area contributed by atoms with E-state index in [0.29, 0.717) is 10.4 Å². The van der Waals surface area contributed by atoms with Gasteiger partial charge in [-0.15, -0.1) is 9.73 Å². The number of amides is 1. The summed E-state index contributed by atoms with van der Waals surface area (Å²) in [7, 11) is 0. The monoisotopic (exact) mass is 461 g/mol. The van der Waals surface area contributed by atoms with Crippen molar-refractivity contribution in [2.45, 2.75) is 13.3 Å². The van der Waals surface area contributed by atoms with E-state index in [1.54, 1.807) is 10.6 Å². The Balaban J connectivity index is 0.000000172. The number of nitrogen functional groups attached to an aromatic ring is 1. The van der Waals surface area contributed by atoms with Crippen molar-refractivity contribution >= 4 is 39.7 Å². The molecule has 0 aliphatic carbocycles. The Hall–Kier alpha value is -4.24. The average molecular weight is 462 g/mol. The minimum atomic E-state index is -0.659. The van der Waals surface area contributed by atoms with Crippen LogP contribution in [0.2, 0.25) is 5.02 Å². The SMILES string of the molecule is CCc1cc2cccc(Cl)c2c(=O)n1-c1ccccc1.NC(=O)c1c(N)nn2nccnc12. The van der Waals surface area contributed by atoms with E-state index in [-0.39, 0.29) is 22.6 Å². The van der Waals surface area contributed by atoms with Gasteiger partial charge in [-0.05, 0) is 36.1 Å². The Morgan fingerprint density at radius 3 is 2.55 bits per heavy atom. The maximum atomic E-state index is 12.8. The van der Waals surface area contributed by atoms with Gasteiger partial charge in [0.15, 0.2) is 11.5 Å². The smallest absolute Gasteiger partial charge is 0.264 e. The topological polar surface area (TPSA) is 134 Å². The van der Waals surface area contributed by atoms with Crippen LogP contribution >= 0.6 is 11.6 Å². The molecule has 4 N–H and O–H groups in total. The Kier molecular flexibility index (Phi) is 6.05. The van der Waals surface area contributed by atoms with Crippen LogP contribution in [-0.4, -0.2) is 30.3 Å². The third-order valence-electron chi connectivity index (χ3n) is 5.01. The molecule has 0 saturated heterocycles. The van der Waals surface area contributed by atoms with E-state index in [1.807, 2.05) is 55.5 Å². The number of aryl methyl sites for hydroxylation is 1. The van der Waals surface area contributed by atoms with Gasteiger partial charge in [-0.2, -0.15) is 5.10 Å². The van der Waals surface area contributed by atoms with Gasteiger partial charge in [0, 0.05) is 17.6 Å². The first-order valence-electron chi connectivity index (χ1n) is 10.1. The van der Waals surface area contributed by atoms with Gasteiger partial charge >= 0.3 is 0 Å². The number of carbonyl (C=O) groups excluding carboxylic acids is 1. The fourth-order valence-electron chi connectivity index (χ4n) is 3.54.